The number of aryl methyl sites for hydroxylation is 1. The number of nitrogens with one attached hydrogen (secondary N) is 1. The molecule has 0 aliphatic rings. The van der Waals surface area contributed by atoms with Crippen molar-refractivity contribution >= 4 is 21.9 Å². The molecule has 0 fully saturated rings. The summed E-state index contributed by atoms with van der Waals surface area (Å²) in [6.07, 6.45) is 0.156. The Balaban J connectivity index is 3.16. The van der Waals surface area contributed by atoms with Gasteiger partial charge in [-0.05, 0) is 37.0 Å². The van der Waals surface area contributed by atoms with Gasteiger partial charge in [-0.1, -0.05) is 19.9 Å². The van der Waals surface area contributed by atoms with Gasteiger partial charge in [-0.2, -0.15) is 4.72 Å². The van der Waals surface area contributed by atoms with E-state index in [-0.39, 0.29) is 22.8 Å². The number of hydrogen-bond donors (Lipinski definition) is 3. The third-order valence-electron chi connectivity index (χ3n) is 3.09. The summed E-state index contributed by atoms with van der Waals surface area (Å²) in [5, 5.41) is 9.12. The average molecular weight is 328 g/mol. The Labute approximate surface area is 129 Å². The lowest BCUT2D eigenvalue weighted by Gasteiger charge is -2.17. The summed E-state index contributed by atoms with van der Waals surface area (Å²) in [7, 11) is -4.06. The summed E-state index contributed by atoms with van der Waals surface area (Å²) in [5.74, 6) is -1.99. The summed E-state index contributed by atoms with van der Waals surface area (Å²) in [6, 6.07) is 2.67. The number of hydrogen-bond acceptors (Lipinski definition) is 4. The van der Waals surface area contributed by atoms with E-state index in [4.69, 9.17) is 10.8 Å². The monoisotopic (exact) mass is 328 g/mol. The lowest BCUT2D eigenvalue weighted by molar-refractivity contribution is -0.139. The lowest BCUT2D eigenvalue weighted by Crippen LogP contribution is -2.41. The summed E-state index contributed by atoms with van der Waals surface area (Å²) >= 11 is 0. The van der Waals surface area contributed by atoms with Gasteiger partial charge in [0.05, 0.1) is 4.90 Å². The summed E-state index contributed by atoms with van der Waals surface area (Å²) in [5.41, 5.74) is 5.82. The minimum absolute atomic E-state index is 0.00278. The van der Waals surface area contributed by atoms with Gasteiger partial charge >= 0.3 is 5.97 Å². The highest BCUT2D eigenvalue weighted by Crippen LogP contribution is 2.17. The minimum atomic E-state index is -4.06. The van der Waals surface area contributed by atoms with Crippen LogP contribution in [0.5, 0.6) is 0 Å². The number of rotatable bonds is 7. The molecule has 0 bridgehead atoms. The van der Waals surface area contributed by atoms with Crippen LogP contribution in [0, 0.1) is 12.8 Å². The van der Waals surface area contributed by atoms with Crippen molar-refractivity contribution in [1.82, 2.24) is 4.72 Å². The van der Waals surface area contributed by atoms with Crippen LogP contribution in [-0.4, -0.2) is 31.4 Å². The third kappa shape index (κ3) is 4.54. The van der Waals surface area contributed by atoms with Gasteiger partial charge in [-0.15, -0.1) is 0 Å². The van der Waals surface area contributed by atoms with E-state index in [1.165, 1.54) is 12.1 Å². The molecule has 0 aliphatic heterocycles. The number of carbonyl (C=O) groups excluding carboxylic acids is 1. The number of amides is 1. The van der Waals surface area contributed by atoms with E-state index in [0.29, 0.717) is 5.56 Å². The van der Waals surface area contributed by atoms with Crippen LogP contribution >= 0.6 is 0 Å². The van der Waals surface area contributed by atoms with Crippen molar-refractivity contribution in [1.29, 1.82) is 0 Å². The van der Waals surface area contributed by atoms with Gasteiger partial charge in [-0.3, -0.25) is 9.59 Å². The quantitative estimate of drug-likeness (QED) is 0.684. The van der Waals surface area contributed by atoms with E-state index in [9.17, 15) is 18.0 Å². The number of aliphatic carboxylic acids is 1. The number of carboxylic acids is 1. The number of benzene rings is 1. The van der Waals surface area contributed by atoms with E-state index in [2.05, 4.69) is 4.72 Å². The van der Waals surface area contributed by atoms with Gasteiger partial charge in [-0.25, -0.2) is 8.42 Å². The van der Waals surface area contributed by atoms with Crippen molar-refractivity contribution in [3.8, 4) is 0 Å². The van der Waals surface area contributed by atoms with Gasteiger partial charge in [0.1, 0.15) is 6.04 Å². The van der Waals surface area contributed by atoms with Crippen LogP contribution in [-0.2, 0) is 14.8 Å². The lowest BCUT2D eigenvalue weighted by atomic mass is 10.1. The Bertz CT molecular complexity index is 682. The molecule has 1 rings (SSSR count). The summed E-state index contributed by atoms with van der Waals surface area (Å²) < 4.78 is 26.7. The number of carbonyl (C=O) groups is 2. The zero-order chi connectivity index (χ0) is 17.1. The molecule has 4 N–H and O–H groups in total. The van der Waals surface area contributed by atoms with Crippen LogP contribution in [0.1, 0.15) is 36.2 Å². The van der Waals surface area contributed by atoms with E-state index in [1.807, 2.05) is 0 Å². The number of sulfonamides is 1. The molecular formula is C14H20N2O5S. The second-order valence-corrected chi connectivity index (χ2v) is 7.20. The maximum atomic E-state index is 12.3. The van der Waals surface area contributed by atoms with Gasteiger partial charge in [0.25, 0.3) is 0 Å². The van der Waals surface area contributed by atoms with E-state index < -0.39 is 27.9 Å². The highest BCUT2D eigenvalue weighted by molar-refractivity contribution is 7.89. The molecule has 1 unspecified atom stereocenters. The van der Waals surface area contributed by atoms with Gasteiger partial charge < -0.3 is 10.8 Å². The first-order valence-electron chi connectivity index (χ1n) is 6.70. The molecule has 0 aromatic heterocycles. The van der Waals surface area contributed by atoms with E-state index in [1.54, 1.807) is 20.8 Å². The SMILES string of the molecule is Cc1ccc(S(=O)(=O)NC(CC(C)C)C(=O)O)cc1C(N)=O. The molecule has 0 saturated heterocycles. The van der Waals surface area contributed by atoms with Gasteiger partial charge in [0.2, 0.25) is 15.9 Å². The van der Waals surface area contributed by atoms with Crippen LogP contribution in [0.25, 0.3) is 0 Å². The Morgan fingerprint density at radius 1 is 1.32 bits per heavy atom. The highest BCUT2D eigenvalue weighted by atomic mass is 32.2. The fourth-order valence-corrected chi connectivity index (χ4v) is 3.19. The van der Waals surface area contributed by atoms with Crippen LogP contribution in [0.15, 0.2) is 23.1 Å². The number of carboxylic acid groups (broad SMARTS) is 1. The van der Waals surface area contributed by atoms with Crippen LogP contribution in [0.2, 0.25) is 0 Å². The summed E-state index contributed by atoms with van der Waals surface area (Å²) in [4.78, 5) is 22.3. The fraction of sp³-hybridized carbons (Fsp3) is 0.429. The molecule has 0 heterocycles. The van der Waals surface area contributed by atoms with Crippen molar-refractivity contribution in [3.63, 3.8) is 0 Å². The smallest absolute Gasteiger partial charge is 0.321 e. The average Bonchev–Trinajstić information content (AvgIpc) is 2.36. The zero-order valence-electron chi connectivity index (χ0n) is 12.7. The molecule has 0 spiro atoms. The second kappa shape index (κ2) is 6.89. The first-order chi connectivity index (χ1) is 10.0. The Hall–Kier alpha value is -1.93. The first kappa shape index (κ1) is 18.1. The molecule has 1 atom stereocenters. The van der Waals surface area contributed by atoms with Crippen molar-refractivity contribution in [2.24, 2.45) is 11.7 Å². The molecule has 122 valence electrons. The molecule has 22 heavy (non-hydrogen) atoms. The number of primary amides is 1. The predicted octanol–water partition coefficient (Wildman–Crippen LogP) is 0.872. The first-order valence-corrected chi connectivity index (χ1v) is 8.18. The Kier molecular flexibility index (Phi) is 5.67. The summed E-state index contributed by atoms with van der Waals surface area (Å²) in [6.45, 7) is 5.21. The van der Waals surface area contributed by atoms with E-state index >= 15 is 0 Å². The van der Waals surface area contributed by atoms with Gasteiger partial charge in [0.15, 0.2) is 0 Å². The van der Waals surface area contributed by atoms with Gasteiger partial charge in [0, 0.05) is 5.56 Å². The molecule has 1 amide bonds. The van der Waals surface area contributed by atoms with Crippen molar-refractivity contribution in [3.05, 3.63) is 29.3 Å². The minimum Gasteiger partial charge on any atom is -0.480 e. The van der Waals surface area contributed by atoms with Crippen molar-refractivity contribution in [2.45, 2.75) is 38.1 Å². The normalized spacial score (nSPS) is 13.1. The zero-order valence-corrected chi connectivity index (χ0v) is 13.5. The molecular weight excluding hydrogens is 308 g/mol. The topological polar surface area (TPSA) is 127 Å². The van der Waals surface area contributed by atoms with Crippen molar-refractivity contribution < 1.29 is 23.1 Å². The molecule has 0 aliphatic carbocycles. The third-order valence-corrected chi connectivity index (χ3v) is 4.56. The Morgan fingerprint density at radius 2 is 1.91 bits per heavy atom. The van der Waals surface area contributed by atoms with E-state index in [0.717, 1.165) is 6.07 Å². The van der Waals surface area contributed by atoms with Crippen LogP contribution in [0.4, 0.5) is 0 Å². The van der Waals surface area contributed by atoms with Crippen molar-refractivity contribution in [2.75, 3.05) is 0 Å². The molecule has 1 aromatic rings. The Morgan fingerprint density at radius 3 is 2.36 bits per heavy atom. The molecule has 7 nitrogen and oxygen atoms in total. The maximum absolute atomic E-state index is 12.3. The maximum Gasteiger partial charge on any atom is 0.321 e. The standard InChI is InChI=1S/C14H20N2O5S/c1-8(2)6-12(14(18)19)16-22(20,21)10-5-4-9(3)11(7-10)13(15)17/h4-5,7-8,12,16H,6H2,1-3H3,(H2,15,17)(H,18,19). The second-order valence-electron chi connectivity index (χ2n) is 5.48. The highest BCUT2D eigenvalue weighted by Gasteiger charge is 2.26. The van der Waals surface area contributed by atoms with Crippen LogP contribution in [0.3, 0.4) is 0 Å². The molecule has 0 radical (unpaired) electrons. The predicted molar refractivity (Wildman–Crippen MR) is 80.9 cm³/mol. The molecule has 0 saturated carbocycles. The largest absolute Gasteiger partial charge is 0.480 e. The number of nitrogens with two attached hydrogens (primary N) is 1. The molecule has 8 heteroatoms. The van der Waals surface area contributed by atoms with Crippen LogP contribution < -0.4 is 10.5 Å². The fourth-order valence-electron chi connectivity index (χ4n) is 1.96. The molecule has 1 aromatic carbocycles.